The zero-order valence-corrected chi connectivity index (χ0v) is 15.2. The van der Waals surface area contributed by atoms with Gasteiger partial charge in [-0.15, -0.1) is 0 Å². The summed E-state index contributed by atoms with van der Waals surface area (Å²) < 4.78 is 56.1. The molecule has 2 heterocycles. The predicted octanol–water partition coefficient (Wildman–Crippen LogP) is -1.55. The summed E-state index contributed by atoms with van der Waals surface area (Å²) in [6.07, 6.45) is -3.37. The molecule has 0 aromatic heterocycles. The van der Waals surface area contributed by atoms with Crippen LogP contribution in [-0.2, 0) is 18.6 Å². The fraction of sp³-hybridized carbons (Fsp3) is 1.00. The van der Waals surface area contributed by atoms with E-state index in [0.717, 1.165) is 0 Å². The molecule has 3 N–H and O–H groups in total. The third-order valence-corrected chi connectivity index (χ3v) is 5.75. The quantitative estimate of drug-likeness (QED) is 0.371. The van der Waals surface area contributed by atoms with Gasteiger partial charge in [-0.1, -0.05) is 6.92 Å². The average molecular weight is 368 g/mol. The van der Waals surface area contributed by atoms with Gasteiger partial charge in [-0.05, 0) is 13.5 Å². The molecule has 7 nitrogen and oxygen atoms in total. The molecule has 138 valence electrons. The highest BCUT2D eigenvalue weighted by Crippen LogP contribution is 2.41. The third-order valence-electron chi connectivity index (χ3n) is 4.62. The molecule has 0 saturated carbocycles. The minimum atomic E-state index is -4.29. The molecule has 2 aliphatic rings. The van der Waals surface area contributed by atoms with Gasteiger partial charge in [0.15, 0.2) is 0 Å². The van der Waals surface area contributed by atoms with E-state index in [1.54, 1.807) is 29.7 Å². The number of alkyl halides is 2. The van der Waals surface area contributed by atoms with Crippen molar-refractivity contribution in [2.45, 2.75) is 62.0 Å². The summed E-state index contributed by atoms with van der Waals surface area (Å²) in [6, 6.07) is -2.86. The van der Waals surface area contributed by atoms with Crippen molar-refractivity contribution in [3.8, 4) is 0 Å². The molecule has 2 saturated heterocycles. The number of hydrogen-bond donors (Lipinski definition) is 3. The van der Waals surface area contributed by atoms with Gasteiger partial charge in [-0.2, -0.15) is 0 Å². The third kappa shape index (κ3) is 4.38. The Balaban J connectivity index is 1.93. The van der Waals surface area contributed by atoms with E-state index < -0.39 is 56.4 Å². The number of hydrogen-bond acceptors (Lipinski definition) is 5. The molecule has 4 unspecified atom stereocenters. The van der Waals surface area contributed by atoms with E-state index in [1.165, 1.54) is 0 Å². The molecule has 2 fully saturated rings. The van der Waals surface area contributed by atoms with Crippen LogP contribution in [0.25, 0.3) is 0 Å². The van der Waals surface area contributed by atoms with Crippen LogP contribution in [0.2, 0.25) is 0 Å². The first kappa shape index (κ1) is 20.3. The van der Waals surface area contributed by atoms with Gasteiger partial charge in [-0.3, -0.25) is 4.52 Å². The van der Waals surface area contributed by atoms with E-state index in [9.17, 15) is 18.2 Å². The topological polar surface area (TPSA) is 89.1 Å². The van der Waals surface area contributed by atoms with Gasteiger partial charge in [0.25, 0.3) is 0 Å². The van der Waals surface area contributed by atoms with Crippen molar-refractivity contribution in [3.05, 3.63) is 0 Å². The maximum Gasteiger partial charge on any atom is 0.403 e. The Morgan fingerprint density at radius 1 is 1.17 bits per heavy atom. The number of halogens is 2. The lowest BCUT2D eigenvalue weighted by Gasteiger charge is -2.25. The second kappa shape index (κ2) is 8.12. The van der Waals surface area contributed by atoms with Gasteiger partial charge >= 0.3 is 7.75 Å². The van der Waals surface area contributed by atoms with Crippen LogP contribution in [0.4, 0.5) is 8.78 Å². The van der Waals surface area contributed by atoms with Crippen LogP contribution < -0.4 is 10.4 Å². The van der Waals surface area contributed by atoms with E-state index in [1.807, 2.05) is 0 Å². The van der Waals surface area contributed by atoms with E-state index >= 15 is 0 Å². The summed E-state index contributed by atoms with van der Waals surface area (Å²) in [5.74, 6) is 0. The highest BCUT2D eigenvalue weighted by molar-refractivity contribution is 7.50. The number of likely N-dealkylation sites (N-methyl/N-ethyl adjacent to an activating group) is 1. The summed E-state index contributed by atoms with van der Waals surface area (Å²) in [7, 11) is 0.457. The average Bonchev–Trinajstić information content (AvgIpc) is 2.95. The van der Waals surface area contributed by atoms with Gasteiger partial charge in [0, 0.05) is 0 Å². The largest absolute Gasteiger partial charge is 0.403 e. The highest BCUT2D eigenvalue weighted by atomic mass is 31.2. The van der Waals surface area contributed by atoms with Crippen molar-refractivity contribution >= 4 is 23.4 Å². The molecule has 9 atom stereocenters. The van der Waals surface area contributed by atoms with Crippen molar-refractivity contribution in [1.29, 1.82) is 0 Å². The lowest BCUT2D eigenvalue weighted by Crippen LogP contribution is -2.44. The van der Waals surface area contributed by atoms with E-state index in [-0.39, 0.29) is 6.61 Å². The maximum absolute atomic E-state index is 14.1. The van der Waals surface area contributed by atoms with Crippen molar-refractivity contribution < 1.29 is 32.2 Å². The van der Waals surface area contributed by atoms with Gasteiger partial charge < -0.3 is 19.7 Å². The van der Waals surface area contributed by atoms with Crippen LogP contribution >= 0.6 is 7.75 Å². The first-order valence-corrected chi connectivity index (χ1v) is 9.79. The summed E-state index contributed by atoms with van der Waals surface area (Å²) in [5, 5.41) is 5.12. The van der Waals surface area contributed by atoms with E-state index in [0.29, 0.717) is 6.42 Å². The van der Waals surface area contributed by atoms with Crippen molar-refractivity contribution in [2.24, 2.45) is 0 Å². The Labute approximate surface area is 142 Å². The first-order valence-electron chi connectivity index (χ1n) is 8.21. The summed E-state index contributed by atoms with van der Waals surface area (Å²) in [6.45, 7) is 1.52. The van der Waals surface area contributed by atoms with Crippen LogP contribution in [0.3, 0.4) is 0 Å². The Morgan fingerprint density at radius 2 is 1.71 bits per heavy atom. The van der Waals surface area contributed by atoms with E-state index in [4.69, 9.17) is 14.0 Å². The fourth-order valence-corrected chi connectivity index (χ4v) is 4.37. The molecule has 0 aliphatic carbocycles. The minimum absolute atomic E-state index is 0.284. The smallest absolute Gasteiger partial charge is 0.379 e. The molecule has 0 bridgehead atoms. The van der Waals surface area contributed by atoms with Crippen molar-refractivity contribution in [3.63, 3.8) is 0 Å². The van der Waals surface area contributed by atoms with Gasteiger partial charge in [0.05, 0.1) is 42.9 Å². The SMILES string of the molecule is BC1O[C@H](COP(=O)(O)NC2[C@@H](CC)O[C@@H](B)[C@H]2F)[C@H](NC)C1F. The lowest BCUT2D eigenvalue weighted by atomic mass is 9.93. The predicted molar refractivity (Wildman–Crippen MR) is 90.0 cm³/mol. The summed E-state index contributed by atoms with van der Waals surface area (Å²) >= 11 is 0. The Hall–Kier alpha value is -0.0201. The fourth-order valence-electron chi connectivity index (χ4n) is 3.26. The monoisotopic (exact) mass is 368 g/mol. The molecule has 0 aromatic rings. The zero-order chi connectivity index (χ0) is 18.1. The second-order valence-corrected chi connectivity index (χ2v) is 7.90. The molecule has 24 heavy (non-hydrogen) atoms. The van der Waals surface area contributed by atoms with Gasteiger partial charge in [0.1, 0.15) is 28.0 Å². The Morgan fingerprint density at radius 3 is 2.25 bits per heavy atom. The molecule has 2 aliphatic heterocycles. The highest BCUT2D eigenvalue weighted by Gasteiger charge is 2.46. The van der Waals surface area contributed by atoms with Crippen LogP contribution in [0.1, 0.15) is 13.3 Å². The maximum atomic E-state index is 14.1. The van der Waals surface area contributed by atoms with Gasteiger partial charge in [-0.25, -0.2) is 18.4 Å². The molecule has 12 heteroatoms. The van der Waals surface area contributed by atoms with Crippen LogP contribution in [0, 0.1) is 0 Å². The van der Waals surface area contributed by atoms with Gasteiger partial charge in [0.2, 0.25) is 0 Å². The Kier molecular flexibility index (Phi) is 6.86. The Bertz CT molecular complexity index is 483. The molecule has 2 rings (SSSR count). The van der Waals surface area contributed by atoms with Crippen LogP contribution in [0.5, 0.6) is 0 Å². The van der Waals surface area contributed by atoms with Crippen molar-refractivity contribution in [1.82, 2.24) is 10.4 Å². The standard InChI is InChI=1S/C12H25B2F2N2O5P/c1-3-5-10(8(16)12(14)22-5)18-24(19,20)21-4-6-9(17-2)7(15)11(13)23-6/h5-12,17H,3-4,13-14H2,1-2H3,(H2,18,19,20)/t5-,6-,7?,8+,9+,10?,11?,12-/m1/s1. The molecule has 0 amide bonds. The summed E-state index contributed by atoms with van der Waals surface area (Å²) in [5.41, 5.74) is 0. The molecule has 0 radical (unpaired) electrons. The summed E-state index contributed by atoms with van der Waals surface area (Å²) in [4.78, 5) is 9.97. The number of nitrogens with one attached hydrogen (secondary N) is 2. The van der Waals surface area contributed by atoms with E-state index in [2.05, 4.69) is 10.4 Å². The molecule has 0 aromatic carbocycles. The zero-order valence-electron chi connectivity index (χ0n) is 14.3. The second-order valence-electron chi connectivity index (χ2n) is 6.34. The number of ether oxygens (including phenoxy) is 2. The minimum Gasteiger partial charge on any atom is -0.379 e. The van der Waals surface area contributed by atoms with Crippen LogP contribution in [0.15, 0.2) is 0 Å². The molecule has 0 spiro atoms. The first-order chi connectivity index (χ1) is 11.2. The normalized spacial score (nSPS) is 45.4. The van der Waals surface area contributed by atoms with Crippen molar-refractivity contribution in [2.75, 3.05) is 13.7 Å². The lowest BCUT2D eigenvalue weighted by molar-refractivity contribution is 0.0341. The molecular weight excluding hydrogens is 343 g/mol. The molecular formula is C12H25B2F2N2O5P. The number of rotatable bonds is 7. The van der Waals surface area contributed by atoms with Crippen LogP contribution in [-0.4, -0.2) is 82.9 Å².